The fourth-order valence-electron chi connectivity index (χ4n) is 5.34. The number of piperazine rings is 1. The Kier molecular flexibility index (Phi) is 11.3. The molecular formula is C30H42ClN5O2. The first-order valence-corrected chi connectivity index (χ1v) is 14.5. The van der Waals surface area contributed by atoms with Crippen molar-refractivity contribution in [3.05, 3.63) is 81.5 Å². The van der Waals surface area contributed by atoms with Gasteiger partial charge in [-0.05, 0) is 73.8 Å². The van der Waals surface area contributed by atoms with Crippen molar-refractivity contribution in [2.45, 2.75) is 64.5 Å². The van der Waals surface area contributed by atoms with Crippen LogP contribution in [0.1, 0.15) is 56.3 Å². The van der Waals surface area contributed by atoms with E-state index < -0.39 is 0 Å². The van der Waals surface area contributed by atoms with Gasteiger partial charge in [0.15, 0.2) is 0 Å². The van der Waals surface area contributed by atoms with E-state index in [2.05, 4.69) is 27.9 Å². The Balaban J connectivity index is 0.000000494. The zero-order valence-corrected chi connectivity index (χ0v) is 23.3. The molecule has 1 aliphatic carbocycles. The molecule has 2 fully saturated rings. The summed E-state index contributed by atoms with van der Waals surface area (Å²) in [7, 11) is 0. The Hall–Kier alpha value is -2.61. The first-order chi connectivity index (χ1) is 18.6. The molecule has 1 aromatic heterocycles. The monoisotopic (exact) mass is 539 g/mol. The van der Waals surface area contributed by atoms with Crippen molar-refractivity contribution in [1.29, 1.82) is 0 Å². The van der Waals surface area contributed by atoms with Crippen LogP contribution in [0.5, 0.6) is 5.75 Å². The lowest BCUT2D eigenvalue weighted by atomic mass is 9.77. The minimum Gasteiger partial charge on any atom is -0.492 e. The molecule has 1 aliphatic heterocycles. The molecule has 2 heterocycles. The Morgan fingerprint density at radius 3 is 2.29 bits per heavy atom. The Morgan fingerprint density at radius 1 is 0.947 bits per heavy atom. The highest BCUT2D eigenvalue weighted by molar-refractivity contribution is 6.30. The largest absolute Gasteiger partial charge is 0.492 e. The highest BCUT2D eigenvalue weighted by atomic mass is 35.5. The van der Waals surface area contributed by atoms with Crippen LogP contribution in [0.2, 0.25) is 5.02 Å². The van der Waals surface area contributed by atoms with Crippen molar-refractivity contribution in [3.8, 4) is 5.75 Å². The maximum atomic E-state index is 12.9. The number of nitrogens with one attached hydrogen (secondary N) is 2. The molecule has 0 atom stereocenters. The molecule has 1 saturated carbocycles. The van der Waals surface area contributed by atoms with Crippen LogP contribution < -0.4 is 21.1 Å². The number of nitrogens with zero attached hydrogens (tertiary/aromatic N) is 3. The Bertz CT molecular complexity index is 1140. The summed E-state index contributed by atoms with van der Waals surface area (Å²) in [6.07, 6.45) is 6.49. The second-order valence-electron chi connectivity index (χ2n) is 10.1. The number of aromatic nitrogens is 3. The van der Waals surface area contributed by atoms with Crippen LogP contribution in [0.4, 0.5) is 0 Å². The van der Waals surface area contributed by atoms with Crippen LogP contribution in [-0.4, -0.2) is 47.1 Å². The molecule has 3 aromatic rings. The third kappa shape index (κ3) is 8.45. The van der Waals surface area contributed by atoms with E-state index >= 15 is 0 Å². The number of ether oxygens (including phenoxy) is 1. The third-order valence-electron chi connectivity index (χ3n) is 7.52. The van der Waals surface area contributed by atoms with E-state index in [1.54, 1.807) is 9.25 Å². The molecule has 1 saturated heterocycles. The molecule has 0 amide bonds. The van der Waals surface area contributed by atoms with Crippen LogP contribution in [0.25, 0.3) is 0 Å². The fourth-order valence-corrected chi connectivity index (χ4v) is 5.54. The van der Waals surface area contributed by atoms with E-state index in [4.69, 9.17) is 16.3 Å². The van der Waals surface area contributed by atoms with Crippen LogP contribution in [-0.2, 0) is 19.5 Å². The molecule has 0 bridgehead atoms. The number of hydrogen-bond acceptors (Lipinski definition) is 5. The van der Waals surface area contributed by atoms with Gasteiger partial charge in [-0.3, -0.25) is 4.57 Å². The molecule has 2 aromatic carbocycles. The minimum atomic E-state index is -0.0221. The van der Waals surface area contributed by atoms with E-state index in [1.165, 1.54) is 31.2 Å². The van der Waals surface area contributed by atoms with Gasteiger partial charge in [0.25, 0.3) is 0 Å². The van der Waals surface area contributed by atoms with Crippen LogP contribution in [0.15, 0.2) is 59.4 Å². The van der Waals surface area contributed by atoms with E-state index in [-0.39, 0.29) is 5.69 Å². The molecule has 0 unspecified atom stereocenters. The highest BCUT2D eigenvalue weighted by Gasteiger charge is 2.23. The van der Waals surface area contributed by atoms with Gasteiger partial charge in [0.2, 0.25) is 0 Å². The van der Waals surface area contributed by atoms with Crippen LogP contribution in [0.3, 0.4) is 0 Å². The predicted molar refractivity (Wildman–Crippen MR) is 154 cm³/mol. The number of halogens is 1. The summed E-state index contributed by atoms with van der Waals surface area (Å²) < 4.78 is 9.20. The summed E-state index contributed by atoms with van der Waals surface area (Å²) >= 11 is 6.17. The van der Waals surface area contributed by atoms with Gasteiger partial charge in [0.05, 0.1) is 6.54 Å². The first-order valence-electron chi connectivity index (χ1n) is 14.1. The summed E-state index contributed by atoms with van der Waals surface area (Å²) in [6, 6.07) is 18.0. The lowest BCUT2D eigenvalue weighted by Crippen LogP contribution is -2.39. The van der Waals surface area contributed by atoms with Crippen molar-refractivity contribution < 1.29 is 4.74 Å². The molecule has 8 heteroatoms. The Morgan fingerprint density at radius 2 is 1.66 bits per heavy atom. The normalized spacial score (nSPS) is 19.4. The molecule has 2 aliphatic rings. The lowest BCUT2D eigenvalue weighted by Gasteiger charge is -2.28. The molecule has 206 valence electrons. The van der Waals surface area contributed by atoms with Crippen LogP contribution in [0, 0.1) is 5.92 Å². The zero-order chi connectivity index (χ0) is 26.6. The average Bonchev–Trinajstić information content (AvgIpc) is 3.28. The highest BCUT2D eigenvalue weighted by Crippen LogP contribution is 2.37. The number of para-hydroxylation sites is 1. The summed E-state index contributed by atoms with van der Waals surface area (Å²) in [5.74, 6) is 2.90. The molecular weight excluding hydrogens is 498 g/mol. The predicted octanol–water partition coefficient (Wildman–Crippen LogP) is 4.88. The van der Waals surface area contributed by atoms with Crippen molar-refractivity contribution in [3.63, 3.8) is 0 Å². The molecule has 5 rings (SSSR count). The number of benzene rings is 2. The van der Waals surface area contributed by atoms with Crippen molar-refractivity contribution in [2.75, 3.05) is 32.8 Å². The SMILES string of the molecule is C1CNCCN1.CCc1nn(CCC2CCC(c3cccc(Cl)c3)CC2)c(=O)n1CCOc1ccccc1. The van der Waals surface area contributed by atoms with Gasteiger partial charge in [-0.15, -0.1) is 0 Å². The van der Waals surface area contributed by atoms with Crippen molar-refractivity contribution in [2.24, 2.45) is 5.92 Å². The van der Waals surface area contributed by atoms with Gasteiger partial charge in [0, 0.05) is 44.2 Å². The van der Waals surface area contributed by atoms with E-state index in [9.17, 15) is 4.79 Å². The maximum absolute atomic E-state index is 12.9. The molecule has 38 heavy (non-hydrogen) atoms. The van der Waals surface area contributed by atoms with Gasteiger partial charge in [-0.2, -0.15) is 5.10 Å². The average molecular weight is 540 g/mol. The molecule has 7 nitrogen and oxygen atoms in total. The van der Waals surface area contributed by atoms with Gasteiger partial charge in [-0.25, -0.2) is 9.48 Å². The summed E-state index contributed by atoms with van der Waals surface area (Å²) in [4.78, 5) is 12.9. The number of hydrogen-bond donors (Lipinski definition) is 2. The van der Waals surface area contributed by atoms with Gasteiger partial charge < -0.3 is 15.4 Å². The van der Waals surface area contributed by atoms with E-state index in [0.717, 1.165) is 55.6 Å². The van der Waals surface area contributed by atoms with E-state index in [0.29, 0.717) is 31.5 Å². The Labute approximate surface area is 231 Å². The topological polar surface area (TPSA) is 73.1 Å². The smallest absolute Gasteiger partial charge is 0.346 e. The second kappa shape index (κ2) is 15.1. The van der Waals surface area contributed by atoms with E-state index in [1.807, 2.05) is 49.4 Å². The van der Waals surface area contributed by atoms with Crippen molar-refractivity contribution >= 4 is 11.6 Å². The lowest BCUT2D eigenvalue weighted by molar-refractivity contribution is 0.288. The van der Waals surface area contributed by atoms with Gasteiger partial charge >= 0.3 is 5.69 Å². The number of rotatable bonds is 9. The molecule has 0 spiro atoms. The minimum absolute atomic E-state index is 0.0221. The number of aryl methyl sites for hydroxylation is 2. The second-order valence-corrected chi connectivity index (χ2v) is 10.6. The third-order valence-corrected chi connectivity index (χ3v) is 7.75. The molecule has 2 N–H and O–H groups in total. The molecule has 0 radical (unpaired) electrons. The van der Waals surface area contributed by atoms with Gasteiger partial charge in [-0.1, -0.05) is 48.9 Å². The summed E-state index contributed by atoms with van der Waals surface area (Å²) in [5, 5.41) is 11.9. The summed E-state index contributed by atoms with van der Waals surface area (Å²) in [5.41, 5.74) is 1.34. The first kappa shape index (κ1) is 28.4. The summed E-state index contributed by atoms with van der Waals surface area (Å²) in [6.45, 7) is 8.25. The van der Waals surface area contributed by atoms with Crippen molar-refractivity contribution in [1.82, 2.24) is 25.0 Å². The fraction of sp³-hybridized carbons (Fsp3) is 0.533. The standard InChI is InChI=1S/C26H32ClN3O2.C4H10N2/c1-2-25-28-30(26(31)29(25)17-18-32-24-9-4-3-5-10-24)16-15-20-11-13-21(14-12-20)22-7-6-8-23(27)19-22;1-2-6-4-3-5-1/h3-10,19-21H,2,11-18H2,1H3;5-6H,1-4H2. The zero-order valence-electron chi connectivity index (χ0n) is 22.6. The van der Waals surface area contributed by atoms with Gasteiger partial charge in [0.1, 0.15) is 18.2 Å². The maximum Gasteiger partial charge on any atom is 0.346 e. The quantitative estimate of drug-likeness (QED) is 0.405. The van der Waals surface area contributed by atoms with Crippen LogP contribution >= 0.6 is 11.6 Å².